The number of carbonyl (C=O) groups excluding carboxylic acids is 1. The average molecular weight is 564 g/mol. The lowest BCUT2D eigenvalue weighted by molar-refractivity contribution is 0.102. The summed E-state index contributed by atoms with van der Waals surface area (Å²) < 4.78 is 12.5. The van der Waals surface area contributed by atoms with Gasteiger partial charge in [-0.1, -0.05) is 12.1 Å². The molecule has 0 atom stereocenters. The smallest absolute Gasteiger partial charge is 0.258 e. The van der Waals surface area contributed by atoms with Crippen LogP contribution in [0.25, 0.3) is 27.6 Å². The summed E-state index contributed by atoms with van der Waals surface area (Å²) in [5, 5.41) is 8.25. The molecular formula is C30H25N7O3S. The maximum atomic E-state index is 12.6. The Kier molecular flexibility index (Phi) is 6.63. The van der Waals surface area contributed by atoms with Crippen LogP contribution in [-0.2, 0) is 4.74 Å². The van der Waals surface area contributed by atoms with E-state index in [-0.39, 0.29) is 5.91 Å². The first-order chi connectivity index (χ1) is 20.2. The molecule has 1 aliphatic rings. The maximum absolute atomic E-state index is 12.6. The predicted octanol–water partition coefficient (Wildman–Crippen LogP) is 5.95. The standard InChI is InChI=1S/C30H25N7O3S/c38-28(21-9-14-40-19-21)32-23-3-1-2-20(18-23)26-27(37-13-17-41-30(37)35-26)25-8-10-31-29(34-25)33-22-4-6-24(7-5-22)36-11-15-39-16-12-36/h1-10,13-14,17-19H,11-12,15-16H2,(H,32,38)(H,31,33,34). The predicted molar refractivity (Wildman–Crippen MR) is 159 cm³/mol. The molecule has 0 aliphatic carbocycles. The number of imidazole rings is 1. The molecule has 0 spiro atoms. The quantitative estimate of drug-likeness (QED) is 0.245. The molecule has 11 heteroatoms. The molecule has 1 aliphatic heterocycles. The average Bonchev–Trinajstić information content (AvgIpc) is 3.77. The molecule has 0 saturated carbocycles. The molecule has 1 saturated heterocycles. The molecule has 204 valence electrons. The molecule has 2 aromatic carbocycles. The zero-order valence-corrected chi connectivity index (χ0v) is 22.7. The Morgan fingerprint density at radius 3 is 2.68 bits per heavy atom. The minimum atomic E-state index is -0.244. The Hall–Kier alpha value is -5.00. The Labute approximate surface area is 239 Å². The number of anilines is 4. The van der Waals surface area contributed by atoms with Gasteiger partial charge in [-0.25, -0.2) is 15.0 Å². The molecule has 0 radical (unpaired) electrons. The van der Waals surface area contributed by atoms with Gasteiger partial charge in [0.05, 0.1) is 36.4 Å². The molecular weight excluding hydrogens is 538 g/mol. The number of carbonyl (C=O) groups is 1. The van der Waals surface area contributed by atoms with Crippen LogP contribution in [-0.4, -0.2) is 51.6 Å². The number of aromatic nitrogens is 4. The molecule has 0 unspecified atom stereocenters. The monoisotopic (exact) mass is 563 g/mol. The van der Waals surface area contributed by atoms with Crippen LogP contribution >= 0.6 is 11.3 Å². The number of benzene rings is 2. The number of furan rings is 1. The van der Waals surface area contributed by atoms with Crippen molar-refractivity contribution in [1.29, 1.82) is 0 Å². The fourth-order valence-electron chi connectivity index (χ4n) is 4.83. The highest BCUT2D eigenvalue weighted by Gasteiger charge is 2.19. The highest BCUT2D eigenvalue weighted by atomic mass is 32.1. The van der Waals surface area contributed by atoms with Gasteiger partial charge >= 0.3 is 0 Å². The van der Waals surface area contributed by atoms with Crippen molar-refractivity contribution < 1.29 is 13.9 Å². The van der Waals surface area contributed by atoms with Gasteiger partial charge in [0.1, 0.15) is 12.0 Å². The second-order valence-electron chi connectivity index (χ2n) is 9.45. The normalized spacial score (nSPS) is 13.4. The van der Waals surface area contributed by atoms with E-state index in [9.17, 15) is 4.79 Å². The summed E-state index contributed by atoms with van der Waals surface area (Å²) in [5.74, 6) is 0.241. The zero-order chi connectivity index (χ0) is 27.6. The van der Waals surface area contributed by atoms with Crippen molar-refractivity contribution in [3.05, 3.63) is 96.5 Å². The molecule has 4 aromatic heterocycles. The van der Waals surface area contributed by atoms with Crippen molar-refractivity contribution in [2.24, 2.45) is 0 Å². The van der Waals surface area contributed by atoms with Gasteiger partial charge < -0.3 is 24.7 Å². The molecule has 1 fully saturated rings. The number of thiazole rings is 1. The van der Waals surface area contributed by atoms with Crippen LogP contribution in [0.5, 0.6) is 0 Å². The Morgan fingerprint density at radius 2 is 1.85 bits per heavy atom. The van der Waals surface area contributed by atoms with Crippen LogP contribution < -0.4 is 15.5 Å². The van der Waals surface area contributed by atoms with Gasteiger partial charge in [-0.05, 0) is 48.5 Å². The number of rotatable bonds is 7. The Morgan fingerprint density at radius 1 is 0.976 bits per heavy atom. The SMILES string of the molecule is O=C(Nc1cccc(-c2nc3sccn3c2-c2ccnc(Nc3ccc(N4CCOCC4)cc3)n2)c1)c1ccoc1. The van der Waals surface area contributed by atoms with Crippen LogP contribution in [0.3, 0.4) is 0 Å². The molecule has 41 heavy (non-hydrogen) atoms. The van der Waals surface area contributed by atoms with E-state index in [0.29, 0.717) is 17.2 Å². The van der Waals surface area contributed by atoms with Gasteiger partial charge in [0.2, 0.25) is 5.95 Å². The number of hydrogen-bond acceptors (Lipinski definition) is 9. The second-order valence-corrected chi connectivity index (χ2v) is 10.3. The molecule has 2 N–H and O–H groups in total. The van der Waals surface area contributed by atoms with Crippen molar-refractivity contribution in [3.8, 4) is 22.6 Å². The summed E-state index contributed by atoms with van der Waals surface area (Å²) >= 11 is 1.55. The lowest BCUT2D eigenvalue weighted by atomic mass is 10.1. The van der Waals surface area contributed by atoms with E-state index in [4.69, 9.17) is 19.1 Å². The minimum absolute atomic E-state index is 0.244. The van der Waals surface area contributed by atoms with E-state index >= 15 is 0 Å². The van der Waals surface area contributed by atoms with Crippen LogP contribution in [0, 0.1) is 0 Å². The lowest BCUT2D eigenvalue weighted by Gasteiger charge is -2.28. The molecule has 6 aromatic rings. The number of nitrogens with one attached hydrogen (secondary N) is 2. The largest absolute Gasteiger partial charge is 0.472 e. The number of fused-ring (bicyclic) bond motifs is 1. The van der Waals surface area contributed by atoms with E-state index in [1.165, 1.54) is 18.2 Å². The third-order valence-corrected chi connectivity index (χ3v) is 7.59. The van der Waals surface area contributed by atoms with Crippen LogP contribution in [0.4, 0.5) is 23.0 Å². The third kappa shape index (κ3) is 5.15. The summed E-state index contributed by atoms with van der Waals surface area (Å²) in [5.41, 5.74) is 6.35. The van der Waals surface area contributed by atoms with E-state index in [2.05, 4.69) is 32.7 Å². The minimum Gasteiger partial charge on any atom is -0.472 e. The van der Waals surface area contributed by atoms with Gasteiger partial charge in [0.25, 0.3) is 5.91 Å². The number of morpholine rings is 1. The second kappa shape index (κ2) is 10.9. The van der Waals surface area contributed by atoms with Crippen molar-refractivity contribution >= 4 is 45.2 Å². The number of amides is 1. The van der Waals surface area contributed by atoms with Crippen LogP contribution in [0.1, 0.15) is 10.4 Å². The number of nitrogens with zero attached hydrogens (tertiary/aromatic N) is 5. The number of hydrogen-bond donors (Lipinski definition) is 2. The summed E-state index contributed by atoms with van der Waals surface area (Å²) in [7, 11) is 0. The van der Waals surface area contributed by atoms with Crippen molar-refractivity contribution in [1.82, 2.24) is 19.4 Å². The first-order valence-corrected chi connectivity index (χ1v) is 14.0. The lowest BCUT2D eigenvalue weighted by Crippen LogP contribution is -2.36. The fourth-order valence-corrected chi connectivity index (χ4v) is 5.54. The zero-order valence-electron chi connectivity index (χ0n) is 21.9. The molecule has 0 bridgehead atoms. The van der Waals surface area contributed by atoms with Gasteiger partial charge in [-0.2, -0.15) is 0 Å². The first-order valence-electron chi connectivity index (χ1n) is 13.1. The van der Waals surface area contributed by atoms with E-state index in [0.717, 1.165) is 59.6 Å². The maximum Gasteiger partial charge on any atom is 0.258 e. The highest BCUT2D eigenvalue weighted by molar-refractivity contribution is 7.15. The Bertz CT molecular complexity index is 1810. The summed E-state index contributed by atoms with van der Waals surface area (Å²) in [6, 6.07) is 19.4. The number of ether oxygens (including phenoxy) is 1. The molecule has 7 rings (SSSR count). The molecule has 10 nitrogen and oxygen atoms in total. The van der Waals surface area contributed by atoms with Gasteiger partial charge in [0, 0.05) is 53.5 Å². The van der Waals surface area contributed by atoms with Crippen molar-refractivity contribution in [3.63, 3.8) is 0 Å². The Balaban J connectivity index is 1.18. The van der Waals surface area contributed by atoms with Gasteiger partial charge in [-0.15, -0.1) is 11.3 Å². The summed E-state index contributed by atoms with van der Waals surface area (Å²) in [4.78, 5) is 30.0. The van der Waals surface area contributed by atoms with E-state index in [1.54, 1.807) is 23.6 Å². The summed E-state index contributed by atoms with van der Waals surface area (Å²) in [6.45, 7) is 3.28. The molecule has 1 amide bonds. The van der Waals surface area contributed by atoms with Gasteiger partial charge in [-0.3, -0.25) is 9.20 Å². The first kappa shape index (κ1) is 25.0. The van der Waals surface area contributed by atoms with Crippen LogP contribution in [0.2, 0.25) is 0 Å². The van der Waals surface area contributed by atoms with Crippen molar-refractivity contribution in [2.75, 3.05) is 41.8 Å². The third-order valence-electron chi connectivity index (χ3n) is 6.84. The summed E-state index contributed by atoms with van der Waals surface area (Å²) in [6.07, 6.45) is 6.61. The van der Waals surface area contributed by atoms with E-state index < -0.39 is 0 Å². The highest BCUT2D eigenvalue weighted by Crippen LogP contribution is 2.35. The van der Waals surface area contributed by atoms with E-state index in [1.807, 2.05) is 58.4 Å². The molecule has 5 heterocycles. The van der Waals surface area contributed by atoms with Gasteiger partial charge in [0.15, 0.2) is 4.96 Å². The topological polar surface area (TPSA) is 110 Å². The van der Waals surface area contributed by atoms with Crippen LogP contribution in [0.15, 0.2) is 95.4 Å². The van der Waals surface area contributed by atoms with Crippen molar-refractivity contribution in [2.45, 2.75) is 0 Å². The fraction of sp³-hybridized carbons (Fsp3) is 0.133.